The van der Waals surface area contributed by atoms with Crippen molar-refractivity contribution in [3.8, 4) is 0 Å². The highest BCUT2D eigenvalue weighted by Gasteiger charge is 2.25. The molecule has 2 aromatic rings. The number of hydrogen-bond acceptors (Lipinski definition) is 1. The third-order valence-corrected chi connectivity index (χ3v) is 3.05. The summed E-state index contributed by atoms with van der Waals surface area (Å²) in [6.45, 7) is 0. The van der Waals surface area contributed by atoms with Gasteiger partial charge in [-0.25, -0.2) is 13.2 Å². The van der Waals surface area contributed by atoms with E-state index >= 15 is 0 Å². The van der Waals surface area contributed by atoms with Crippen LogP contribution in [0.2, 0.25) is 0 Å². The van der Waals surface area contributed by atoms with Crippen molar-refractivity contribution in [1.82, 2.24) is 0 Å². The van der Waals surface area contributed by atoms with Crippen molar-refractivity contribution >= 4 is 5.97 Å². The van der Waals surface area contributed by atoms with E-state index in [-0.39, 0.29) is 11.1 Å². The number of carboxylic acid groups (broad SMARTS) is 1. The van der Waals surface area contributed by atoms with Crippen molar-refractivity contribution in [2.45, 2.75) is 12.3 Å². The number of rotatable bonds is 4. The normalized spacial score (nSPS) is 12.2. The van der Waals surface area contributed by atoms with E-state index in [0.29, 0.717) is 0 Å². The summed E-state index contributed by atoms with van der Waals surface area (Å²) in [4.78, 5) is 11.3. The average Bonchev–Trinajstić information content (AvgIpc) is 2.39. The van der Waals surface area contributed by atoms with E-state index in [4.69, 9.17) is 0 Å². The van der Waals surface area contributed by atoms with E-state index in [2.05, 4.69) is 0 Å². The molecule has 0 aromatic heterocycles. The SMILES string of the molecule is O=C(O)C(Cc1c(F)cccc1F)c1ccccc1F. The molecular weight excluding hydrogens is 269 g/mol. The molecule has 20 heavy (non-hydrogen) atoms. The second-order valence-corrected chi connectivity index (χ2v) is 4.32. The van der Waals surface area contributed by atoms with Crippen LogP contribution in [0, 0.1) is 17.5 Å². The van der Waals surface area contributed by atoms with Gasteiger partial charge in [0.05, 0.1) is 5.92 Å². The first-order valence-electron chi connectivity index (χ1n) is 5.91. The van der Waals surface area contributed by atoms with Gasteiger partial charge in [-0.15, -0.1) is 0 Å². The van der Waals surface area contributed by atoms with E-state index in [1.54, 1.807) is 0 Å². The van der Waals surface area contributed by atoms with Crippen LogP contribution in [0.5, 0.6) is 0 Å². The summed E-state index contributed by atoms with van der Waals surface area (Å²) < 4.78 is 40.8. The fraction of sp³-hybridized carbons (Fsp3) is 0.133. The number of benzene rings is 2. The topological polar surface area (TPSA) is 37.3 Å². The zero-order chi connectivity index (χ0) is 14.7. The van der Waals surface area contributed by atoms with Gasteiger partial charge in [-0.1, -0.05) is 24.3 Å². The largest absolute Gasteiger partial charge is 0.481 e. The van der Waals surface area contributed by atoms with E-state index in [0.717, 1.165) is 18.2 Å². The van der Waals surface area contributed by atoms with Gasteiger partial charge in [0.25, 0.3) is 0 Å². The lowest BCUT2D eigenvalue weighted by atomic mass is 9.91. The van der Waals surface area contributed by atoms with Crippen LogP contribution in [0.1, 0.15) is 17.0 Å². The highest BCUT2D eigenvalue weighted by atomic mass is 19.1. The van der Waals surface area contributed by atoms with Crippen LogP contribution in [0.15, 0.2) is 42.5 Å². The second kappa shape index (κ2) is 5.77. The molecule has 0 bridgehead atoms. The third-order valence-electron chi connectivity index (χ3n) is 3.05. The predicted octanol–water partition coefficient (Wildman–Crippen LogP) is 3.51. The predicted molar refractivity (Wildman–Crippen MR) is 66.8 cm³/mol. The summed E-state index contributed by atoms with van der Waals surface area (Å²) in [5.41, 5.74) is -0.453. The number of aliphatic carboxylic acids is 1. The fourth-order valence-electron chi connectivity index (χ4n) is 2.02. The summed E-state index contributed by atoms with van der Waals surface area (Å²) >= 11 is 0. The van der Waals surface area contributed by atoms with Gasteiger partial charge in [0, 0.05) is 11.1 Å². The Labute approximate surface area is 113 Å². The van der Waals surface area contributed by atoms with Gasteiger partial charge in [-0.3, -0.25) is 4.79 Å². The number of hydrogen-bond donors (Lipinski definition) is 1. The molecule has 104 valence electrons. The third kappa shape index (κ3) is 2.82. The van der Waals surface area contributed by atoms with Gasteiger partial charge in [0.2, 0.25) is 0 Å². The quantitative estimate of drug-likeness (QED) is 0.930. The van der Waals surface area contributed by atoms with Gasteiger partial charge in [0.15, 0.2) is 0 Å². The zero-order valence-corrected chi connectivity index (χ0v) is 10.3. The molecule has 1 N–H and O–H groups in total. The Morgan fingerprint density at radius 3 is 2.05 bits per heavy atom. The molecule has 0 aliphatic rings. The van der Waals surface area contributed by atoms with Crippen LogP contribution >= 0.6 is 0 Å². The first-order valence-corrected chi connectivity index (χ1v) is 5.91. The van der Waals surface area contributed by atoms with Crippen LogP contribution in [0.25, 0.3) is 0 Å². The number of carboxylic acids is 1. The maximum Gasteiger partial charge on any atom is 0.311 e. The molecule has 0 fully saturated rings. The lowest BCUT2D eigenvalue weighted by Gasteiger charge is -2.14. The van der Waals surface area contributed by atoms with Gasteiger partial charge in [-0.2, -0.15) is 0 Å². The Kier molecular flexibility index (Phi) is 4.08. The van der Waals surface area contributed by atoms with Crippen LogP contribution < -0.4 is 0 Å². The molecule has 0 spiro atoms. The lowest BCUT2D eigenvalue weighted by molar-refractivity contribution is -0.138. The first kappa shape index (κ1) is 14.1. The minimum atomic E-state index is -1.34. The zero-order valence-electron chi connectivity index (χ0n) is 10.3. The molecule has 0 saturated heterocycles. The highest BCUT2D eigenvalue weighted by molar-refractivity contribution is 5.76. The van der Waals surface area contributed by atoms with Crippen molar-refractivity contribution < 1.29 is 23.1 Å². The van der Waals surface area contributed by atoms with Crippen molar-refractivity contribution in [1.29, 1.82) is 0 Å². The molecular formula is C15H11F3O2. The number of carbonyl (C=O) groups is 1. The summed E-state index contributed by atoms with van der Waals surface area (Å²) in [5, 5.41) is 9.18. The van der Waals surface area contributed by atoms with E-state index in [9.17, 15) is 23.1 Å². The Hall–Kier alpha value is -2.30. The molecule has 2 nitrogen and oxygen atoms in total. The summed E-state index contributed by atoms with van der Waals surface area (Å²) in [6.07, 6.45) is -0.450. The van der Waals surface area contributed by atoms with Crippen molar-refractivity contribution in [2.24, 2.45) is 0 Å². The highest BCUT2D eigenvalue weighted by Crippen LogP contribution is 2.26. The van der Waals surface area contributed by atoms with Crippen molar-refractivity contribution in [3.05, 3.63) is 71.0 Å². The summed E-state index contributed by atoms with van der Waals surface area (Å²) in [5.74, 6) is -5.07. The average molecular weight is 280 g/mol. The minimum absolute atomic E-state index is 0.0948. The Morgan fingerprint density at radius 1 is 0.950 bits per heavy atom. The molecule has 2 rings (SSSR count). The van der Waals surface area contributed by atoms with Gasteiger partial charge >= 0.3 is 5.97 Å². The summed E-state index contributed by atoms with van der Waals surface area (Å²) in [7, 11) is 0. The minimum Gasteiger partial charge on any atom is -0.481 e. The Bertz CT molecular complexity index is 621. The van der Waals surface area contributed by atoms with E-state index in [1.807, 2.05) is 0 Å². The maximum absolute atomic E-state index is 13.7. The number of halogens is 3. The van der Waals surface area contributed by atoms with Crippen LogP contribution in [0.3, 0.4) is 0 Å². The van der Waals surface area contributed by atoms with E-state index < -0.39 is 35.8 Å². The van der Waals surface area contributed by atoms with Crippen LogP contribution in [0.4, 0.5) is 13.2 Å². The molecule has 0 aliphatic heterocycles. The molecule has 2 aromatic carbocycles. The monoisotopic (exact) mass is 280 g/mol. The molecule has 0 radical (unpaired) electrons. The molecule has 0 heterocycles. The maximum atomic E-state index is 13.7. The Morgan fingerprint density at radius 2 is 1.50 bits per heavy atom. The lowest BCUT2D eigenvalue weighted by Crippen LogP contribution is -2.17. The first-order chi connectivity index (χ1) is 9.50. The van der Waals surface area contributed by atoms with Crippen LogP contribution in [-0.2, 0) is 11.2 Å². The van der Waals surface area contributed by atoms with Crippen LogP contribution in [-0.4, -0.2) is 11.1 Å². The smallest absolute Gasteiger partial charge is 0.311 e. The second-order valence-electron chi connectivity index (χ2n) is 4.32. The van der Waals surface area contributed by atoms with Gasteiger partial charge < -0.3 is 5.11 Å². The standard InChI is InChI=1S/C15H11F3O2/c16-12-5-2-1-4-9(12)10(15(19)20)8-11-13(17)6-3-7-14(11)18/h1-7,10H,8H2,(H,19,20). The van der Waals surface area contributed by atoms with Gasteiger partial charge in [0.1, 0.15) is 17.5 Å². The van der Waals surface area contributed by atoms with Crippen molar-refractivity contribution in [3.63, 3.8) is 0 Å². The summed E-state index contributed by atoms with van der Waals surface area (Å²) in [6, 6.07) is 8.58. The fourth-order valence-corrected chi connectivity index (χ4v) is 2.02. The van der Waals surface area contributed by atoms with Gasteiger partial charge in [-0.05, 0) is 24.6 Å². The molecule has 0 amide bonds. The molecule has 1 atom stereocenters. The Balaban J connectivity index is 2.42. The molecule has 5 heteroatoms. The van der Waals surface area contributed by atoms with Crippen molar-refractivity contribution in [2.75, 3.05) is 0 Å². The van der Waals surface area contributed by atoms with E-state index in [1.165, 1.54) is 24.3 Å². The molecule has 0 saturated carbocycles. The molecule has 0 aliphatic carbocycles. The molecule has 1 unspecified atom stereocenters.